The summed E-state index contributed by atoms with van der Waals surface area (Å²) in [6, 6.07) is 3.05. The fourth-order valence-electron chi connectivity index (χ4n) is 3.34. The van der Waals surface area contributed by atoms with Crippen LogP contribution in [0.25, 0.3) is 0 Å². The van der Waals surface area contributed by atoms with Crippen LogP contribution >= 0.6 is 0 Å². The molecule has 8 heteroatoms. The average Bonchev–Trinajstić information content (AvgIpc) is 2.90. The molecule has 2 heterocycles. The van der Waals surface area contributed by atoms with Crippen molar-refractivity contribution in [2.45, 2.75) is 18.5 Å². The van der Waals surface area contributed by atoms with Crippen molar-refractivity contribution < 1.29 is 18.4 Å². The summed E-state index contributed by atoms with van der Waals surface area (Å²) in [6.45, 7) is 1.65. The lowest BCUT2D eigenvalue weighted by Gasteiger charge is -2.31. The summed E-state index contributed by atoms with van der Waals surface area (Å²) >= 11 is 0. The molecular weight excluding hydrogens is 318 g/mol. The number of piperazine rings is 1. The number of hydrogen-bond acceptors (Lipinski definition) is 3. The summed E-state index contributed by atoms with van der Waals surface area (Å²) in [4.78, 5) is 27.2. The Bertz CT molecular complexity index is 655. The standard InChI is InChI=1S/C16H20F2N4O2/c1-21-6-4-13(15(21)10-2-3-11(17)12(18)8-10)20-16(24)22-7-5-19-14(23)9-22/h2-3,8,13,15H,4-7,9H2,1H3,(H,19,23)(H,20,24)/t13-,15-/m1/s1. The number of carbonyl (C=O) groups is 2. The quantitative estimate of drug-likeness (QED) is 0.840. The van der Waals surface area contributed by atoms with Crippen molar-refractivity contribution in [3.8, 4) is 0 Å². The smallest absolute Gasteiger partial charge is 0.318 e. The van der Waals surface area contributed by atoms with E-state index in [2.05, 4.69) is 10.6 Å². The summed E-state index contributed by atoms with van der Waals surface area (Å²) < 4.78 is 26.7. The average molecular weight is 338 g/mol. The third-order valence-corrected chi connectivity index (χ3v) is 4.57. The van der Waals surface area contributed by atoms with Gasteiger partial charge in [-0.15, -0.1) is 0 Å². The highest BCUT2D eigenvalue weighted by Gasteiger charge is 2.35. The molecule has 1 aromatic carbocycles. The predicted molar refractivity (Wildman–Crippen MR) is 83.2 cm³/mol. The second kappa shape index (κ2) is 6.72. The molecule has 2 aliphatic heterocycles. The SMILES string of the molecule is CN1CC[C@@H](NC(=O)N2CCNC(=O)C2)[C@H]1c1ccc(F)c(F)c1. The van der Waals surface area contributed by atoms with Crippen LogP contribution in [0.4, 0.5) is 13.6 Å². The molecule has 3 amide bonds. The minimum absolute atomic E-state index is 0.0320. The monoisotopic (exact) mass is 338 g/mol. The topological polar surface area (TPSA) is 64.7 Å². The lowest BCUT2D eigenvalue weighted by Crippen LogP contribution is -2.55. The van der Waals surface area contributed by atoms with Crippen LogP contribution in [-0.4, -0.2) is 61.0 Å². The van der Waals surface area contributed by atoms with Gasteiger partial charge in [0.05, 0.1) is 12.1 Å². The van der Waals surface area contributed by atoms with Gasteiger partial charge < -0.3 is 15.5 Å². The van der Waals surface area contributed by atoms with Crippen molar-refractivity contribution >= 4 is 11.9 Å². The van der Waals surface area contributed by atoms with Crippen LogP contribution < -0.4 is 10.6 Å². The van der Waals surface area contributed by atoms with E-state index < -0.39 is 11.6 Å². The molecule has 2 fully saturated rings. The van der Waals surface area contributed by atoms with Crippen LogP contribution in [0.5, 0.6) is 0 Å². The Morgan fingerprint density at radius 2 is 2.08 bits per heavy atom. The van der Waals surface area contributed by atoms with E-state index in [0.29, 0.717) is 25.1 Å². The van der Waals surface area contributed by atoms with E-state index in [1.807, 2.05) is 11.9 Å². The number of halogens is 2. The number of likely N-dealkylation sites (N-methyl/N-ethyl adjacent to an activating group) is 1. The summed E-state index contributed by atoms with van der Waals surface area (Å²) in [5, 5.41) is 5.60. The van der Waals surface area contributed by atoms with Gasteiger partial charge in [-0.2, -0.15) is 0 Å². The van der Waals surface area contributed by atoms with Gasteiger partial charge in [-0.1, -0.05) is 6.07 Å². The molecule has 0 radical (unpaired) electrons. The molecule has 0 aliphatic carbocycles. The highest BCUT2D eigenvalue weighted by Crippen LogP contribution is 2.31. The van der Waals surface area contributed by atoms with Crippen molar-refractivity contribution in [3.63, 3.8) is 0 Å². The van der Waals surface area contributed by atoms with Crippen LogP contribution in [0.2, 0.25) is 0 Å². The Kier molecular flexibility index (Phi) is 4.66. The first-order chi connectivity index (χ1) is 11.5. The number of nitrogens with zero attached hydrogens (tertiary/aromatic N) is 2. The normalized spacial score (nSPS) is 24.8. The summed E-state index contributed by atoms with van der Waals surface area (Å²) in [6.07, 6.45) is 0.700. The Morgan fingerprint density at radius 1 is 1.29 bits per heavy atom. The summed E-state index contributed by atoms with van der Waals surface area (Å²) in [5.41, 5.74) is 0.621. The van der Waals surface area contributed by atoms with Crippen molar-refractivity contribution in [2.24, 2.45) is 0 Å². The fourth-order valence-corrected chi connectivity index (χ4v) is 3.34. The minimum atomic E-state index is -0.898. The maximum atomic E-state index is 13.5. The van der Waals surface area contributed by atoms with Gasteiger partial charge in [0.1, 0.15) is 6.54 Å². The van der Waals surface area contributed by atoms with Crippen LogP contribution in [0, 0.1) is 11.6 Å². The Hall–Kier alpha value is -2.22. The first-order valence-corrected chi connectivity index (χ1v) is 7.93. The minimum Gasteiger partial charge on any atom is -0.353 e. The van der Waals surface area contributed by atoms with Gasteiger partial charge in [0.25, 0.3) is 0 Å². The van der Waals surface area contributed by atoms with Gasteiger partial charge in [-0.3, -0.25) is 9.69 Å². The van der Waals surface area contributed by atoms with E-state index in [0.717, 1.165) is 12.6 Å². The summed E-state index contributed by atoms with van der Waals surface area (Å²) in [7, 11) is 1.88. The van der Waals surface area contributed by atoms with Gasteiger partial charge in [-0.05, 0) is 31.2 Å². The number of benzene rings is 1. The van der Waals surface area contributed by atoms with Crippen LogP contribution in [-0.2, 0) is 4.79 Å². The molecule has 1 aromatic rings. The van der Waals surface area contributed by atoms with Gasteiger partial charge in [0.2, 0.25) is 5.91 Å². The lowest BCUT2D eigenvalue weighted by atomic mass is 10.00. The maximum absolute atomic E-state index is 13.5. The first-order valence-electron chi connectivity index (χ1n) is 7.93. The van der Waals surface area contributed by atoms with Crippen molar-refractivity contribution in [2.75, 3.05) is 33.2 Å². The number of nitrogens with one attached hydrogen (secondary N) is 2. The van der Waals surface area contributed by atoms with Crippen molar-refractivity contribution in [1.82, 2.24) is 20.4 Å². The Balaban J connectivity index is 1.73. The highest BCUT2D eigenvalue weighted by molar-refractivity contribution is 5.85. The molecule has 3 rings (SSSR count). The van der Waals surface area contributed by atoms with Crippen LogP contribution in [0.1, 0.15) is 18.0 Å². The fraction of sp³-hybridized carbons (Fsp3) is 0.500. The molecule has 2 saturated heterocycles. The summed E-state index contributed by atoms with van der Waals surface area (Å²) in [5.74, 6) is -1.97. The number of carbonyl (C=O) groups excluding carboxylic acids is 2. The third-order valence-electron chi connectivity index (χ3n) is 4.57. The Morgan fingerprint density at radius 3 is 2.79 bits per heavy atom. The van der Waals surface area contributed by atoms with Gasteiger partial charge in [0, 0.05) is 19.6 Å². The molecular formula is C16H20F2N4O2. The lowest BCUT2D eigenvalue weighted by molar-refractivity contribution is -0.123. The molecule has 6 nitrogen and oxygen atoms in total. The zero-order valence-corrected chi connectivity index (χ0v) is 13.4. The third kappa shape index (κ3) is 3.33. The first kappa shape index (κ1) is 16.6. The largest absolute Gasteiger partial charge is 0.353 e. The van der Waals surface area contributed by atoms with E-state index in [1.165, 1.54) is 11.0 Å². The van der Waals surface area contributed by atoms with Crippen molar-refractivity contribution in [1.29, 1.82) is 0 Å². The van der Waals surface area contributed by atoms with Gasteiger partial charge in [-0.25, -0.2) is 13.6 Å². The van der Waals surface area contributed by atoms with Crippen LogP contribution in [0.15, 0.2) is 18.2 Å². The molecule has 2 N–H and O–H groups in total. The molecule has 130 valence electrons. The molecule has 24 heavy (non-hydrogen) atoms. The van der Waals surface area contributed by atoms with E-state index >= 15 is 0 Å². The molecule has 0 unspecified atom stereocenters. The van der Waals surface area contributed by atoms with Crippen LogP contribution in [0.3, 0.4) is 0 Å². The molecule has 2 aliphatic rings. The second-order valence-corrected chi connectivity index (χ2v) is 6.22. The molecule has 0 bridgehead atoms. The predicted octanol–water partition coefficient (Wildman–Crippen LogP) is 0.851. The molecule has 0 aromatic heterocycles. The number of rotatable bonds is 2. The zero-order chi connectivity index (χ0) is 17.3. The molecule has 0 saturated carbocycles. The number of amides is 3. The Labute approximate surface area is 138 Å². The van der Waals surface area contributed by atoms with E-state index in [4.69, 9.17) is 0 Å². The number of hydrogen-bond donors (Lipinski definition) is 2. The number of urea groups is 1. The zero-order valence-electron chi connectivity index (χ0n) is 13.4. The molecule has 2 atom stereocenters. The van der Waals surface area contributed by atoms with E-state index in [1.54, 1.807) is 6.07 Å². The maximum Gasteiger partial charge on any atom is 0.318 e. The van der Waals surface area contributed by atoms with Gasteiger partial charge >= 0.3 is 6.03 Å². The highest BCUT2D eigenvalue weighted by atomic mass is 19.2. The van der Waals surface area contributed by atoms with E-state index in [9.17, 15) is 18.4 Å². The number of likely N-dealkylation sites (tertiary alicyclic amines) is 1. The van der Waals surface area contributed by atoms with E-state index in [-0.39, 0.29) is 30.6 Å². The van der Waals surface area contributed by atoms with Gasteiger partial charge in [0.15, 0.2) is 11.6 Å². The van der Waals surface area contributed by atoms with Crippen molar-refractivity contribution in [3.05, 3.63) is 35.4 Å². The second-order valence-electron chi connectivity index (χ2n) is 6.22. The molecule has 0 spiro atoms.